The largest absolute Gasteiger partial charge is 0.469 e. The van der Waals surface area contributed by atoms with Crippen molar-refractivity contribution in [2.24, 2.45) is 0 Å². The average Bonchev–Trinajstić information content (AvgIpc) is 2.14. The molecular weight excluding hydrogens is 339 g/mol. The van der Waals surface area contributed by atoms with E-state index in [1.165, 1.54) is 7.11 Å². The monoisotopic (exact) mass is 360 g/mol. The number of halogens is 1. The van der Waals surface area contributed by atoms with Crippen LogP contribution >= 0.6 is 23.0 Å². The fourth-order valence-electron chi connectivity index (χ4n) is 0.816. The summed E-state index contributed by atoms with van der Waals surface area (Å²) in [7, 11) is -0.546. The molecule has 0 amide bonds. The maximum absolute atomic E-state index is 11.1. The lowest BCUT2D eigenvalue weighted by Gasteiger charge is -2.38. The number of carbonyl (C=O) groups is 1. The molecule has 4 nitrogen and oxygen atoms in total. The summed E-state index contributed by atoms with van der Waals surface area (Å²) in [4.78, 5) is 11.1. The molecule has 1 atom stereocenters. The zero-order valence-electron chi connectivity index (χ0n) is 10.8. The Balaban J connectivity index is 4.48. The van der Waals surface area contributed by atoms with E-state index in [1.807, 2.05) is 0 Å². The first-order valence-corrected chi connectivity index (χ1v) is 8.95. The number of hydrogen-bond acceptors (Lipinski definition) is 4. The second-order valence-corrected chi connectivity index (χ2v) is 10.4. The molecule has 0 bridgehead atoms. The van der Waals surface area contributed by atoms with Gasteiger partial charge in [-0.3, -0.25) is 7.86 Å². The van der Waals surface area contributed by atoms with Crippen LogP contribution in [0.4, 0.5) is 0 Å². The molecule has 0 radical (unpaired) electrons. The molecule has 0 aliphatic carbocycles. The molecule has 0 N–H and O–H groups in total. The molecule has 0 saturated heterocycles. The van der Waals surface area contributed by atoms with E-state index in [1.54, 1.807) is 23.0 Å². The minimum atomic E-state index is -1.91. The third-order valence-corrected chi connectivity index (χ3v) is 7.92. The van der Waals surface area contributed by atoms with Crippen molar-refractivity contribution >= 4 is 37.3 Å². The van der Waals surface area contributed by atoms with Gasteiger partial charge in [-0.15, -0.1) is 0 Å². The Morgan fingerprint density at radius 3 is 2.19 bits per heavy atom. The maximum Gasteiger partial charge on any atom is 0.310 e. The molecule has 0 heterocycles. The highest BCUT2D eigenvalue weighted by atomic mass is 127. The summed E-state index contributed by atoms with van der Waals surface area (Å²) in [6.07, 6.45) is -0.389. The summed E-state index contributed by atoms with van der Waals surface area (Å²) in [5.41, 5.74) is 0. The molecular formula is C10H21IO4Si. The SMILES string of the molecule is COC(=O)C[C@@H](OI)O[Si](C)(C)C(C)(C)C. The van der Waals surface area contributed by atoms with Crippen LogP contribution < -0.4 is 0 Å². The van der Waals surface area contributed by atoms with E-state index >= 15 is 0 Å². The van der Waals surface area contributed by atoms with Crippen LogP contribution in [-0.4, -0.2) is 27.7 Å². The second-order valence-electron chi connectivity index (χ2n) is 5.18. The van der Waals surface area contributed by atoms with Crippen molar-refractivity contribution < 1.29 is 17.0 Å². The van der Waals surface area contributed by atoms with Gasteiger partial charge in [-0.05, 0) is 18.1 Å². The Morgan fingerprint density at radius 2 is 1.88 bits per heavy atom. The fourth-order valence-corrected chi connectivity index (χ4v) is 2.44. The van der Waals surface area contributed by atoms with Crippen LogP contribution in [-0.2, 0) is 17.0 Å². The molecule has 0 fully saturated rings. The first-order valence-electron chi connectivity index (χ1n) is 5.16. The molecule has 0 aromatic carbocycles. The predicted octanol–water partition coefficient (Wildman–Crippen LogP) is 3.26. The van der Waals surface area contributed by atoms with Crippen molar-refractivity contribution in [3.8, 4) is 0 Å². The summed E-state index contributed by atoms with van der Waals surface area (Å²) in [5.74, 6) is -0.319. The second kappa shape index (κ2) is 6.32. The van der Waals surface area contributed by atoms with Crippen molar-refractivity contribution in [1.29, 1.82) is 0 Å². The van der Waals surface area contributed by atoms with E-state index in [0.29, 0.717) is 0 Å². The van der Waals surface area contributed by atoms with Gasteiger partial charge in [0, 0.05) is 0 Å². The minimum Gasteiger partial charge on any atom is -0.469 e. The van der Waals surface area contributed by atoms with Crippen LogP contribution in [0.25, 0.3) is 0 Å². The van der Waals surface area contributed by atoms with Crippen molar-refractivity contribution in [1.82, 2.24) is 0 Å². The standard InChI is InChI=1S/C10H21IO4Si/c1-10(2,3)16(5,6)15-9(14-11)7-8(12)13-4/h9H,7H2,1-6H3/t9-/m0/s1. The number of carbonyl (C=O) groups excluding carboxylic acids is 1. The van der Waals surface area contributed by atoms with E-state index in [-0.39, 0.29) is 17.4 Å². The van der Waals surface area contributed by atoms with Gasteiger partial charge in [-0.2, -0.15) is 0 Å². The quantitative estimate of drug-likeness (QED) is 0.327. The van der Waals surface area contributed by atoms with Gasteiger partial charge in [0.15, 0.2) is 14.6 Å². The zero-order valence-corrected chi connectivity index (χ0v) is 14.0. The van der Waals surface area contributed by atoms with Crippen LogP contribution in [0.1, 0.15) is 27.2 Å². The summed E-state index contributed by atoms with van der Waals surface area (Å²) >= 11 is 1.76. The Labute approximate surface area is 113 Å². The van der Waals surface area contributed by atoms with Crippen LogP contribution in [0.3, 0.4) is 0 Å². The molecule has 0 unspecified atom stereocenters. The van der Waals surface area contributed by atoms with E-state index in [9.17, 15) is 4.79 Å². The molecule has 16 heavy (non-hydrogen) atoms. The summed E-state index contributed by atoms with van der Waals surface area (Å²) in [6, 6.07) is 0. The van der Waals surface area contributed by atoms with Crippen molar-refractivity contribution in [2.45, 2.75) is 51.6 Å². The Bertz CT molecular complexity index is 237. The topological polar surface area (TPSA) is 44.8 Å². The molecule has 0 aliphatic heterocycles. The predicted molar refractivity (Wildman–Crippen MR) is 73.8 cm³/mol. The summed E-state index contributed by atoms with van der Waals surface area (Å²) in [5, 5.41) is 0.0938. The Hall–Kier alpha value is 0.337. The van der Waals surface area contributed by atoms with Gasteiger partial charge in [0.05, 0.1) is 13.5 Å². The summed E-state index contributed by atoms with van der Waals surface area (Å²) < 4.78 is 15.7. The normalized spacial score (nSPS) is 14.7. The number of methoxy groups -OCH3 is 1. The molecule has 0 rings (SSSR count). The van der Waals surface area contributed by atoms with Crippen LogP contribution in [0, 0.1) is 0 Å². The molecule has 96 valence electrons. The molecule has 0 spiro atoms. The Kier molecular flexibility index (Phi) is 6.45. The van der Waals surface area contributed by atoms with E-state index in [2.05, 4.69) is 38.6 Å². The Morgan fingerprint density at radius 1 is 1.38 bits per heavy atom. The van der Waals surface area contributed by atoms with Crippen LogP contribution in [0.5, 0.6) is 0 Å². The van der Waals surface area contributed by atoms with Gasteiger partial charge in [0.25, 0.3) is 0 Å². The third kappa shape index (κ3) is 5.11. The molecule has 6 heteroatoms. The smallest absolute Gasteiger partial charge is 0.310 e. The third-order valence-electron chi connectivity index (χ3n) is 2.89. The van der Waals surface area contributed by atoms with Gasteiger partial charge in [0.1, 0.15) is 23.0 Å². The minimum absolute atomic E-state index is 0.0938. The highest BCUT2D eigenvalue weighted by Gasteiger charge is 2.39. The van der Waals surface area contributed by atoms with Gasteiger partial charge in [0.2, 0.25) is 0 Å². The molecule has 0 aliphatic rings. The molecule has 0 aromatic heterocycles. The van der Waals surface area contributed by atoms with E-state index in [4.69, 9.17) is 7.49 Å². The van der Waals surface area contributed by atoms with Gasteiger partial charge >= 0.3 is 5.97 Å². The van der Waals surface area contributed by atoms with Crippen LogP contribution in [0.15, 0.2) is 0 Å². The van der Waals surface area contributed by atoms with Gasteiger partial charge in [-0.25, -0.2) is 0 Å². The number of ether oxygens (including phenoxy) is 1. The first-order chi connectivity index (χ1) is 7.14. The van der Waals surface area contributed by atoms with Crippen molar-refractivity contribution in [3.05, 3.63) is 0 Å². The fraction of sp³-hybridized carbons (Fsp3) is 0.900. The van der Waals surface area contributed by atoms with Gasteiger partial charge < -0.3 is 9.16 Å². The number of hydrogen-bond donors (Lipinski definition) is 0. The zero-order chi connectivity index (χ0) is 13.0. The van der Waals surface area contributed by atoms with E-state index < -0.39 is 14.6 Å². The lowest BCUT2D eigenvalue weighted by molar-refractivity contribution is -0.145. The highest BCUT2D eigenvalue weighted by Crippen LogP contribution is 2.37. The summed E-state index contributed by atoms with van der Waals surface area (Å²) in [6.45, 7) is 10.7. The number of rotatable bonds is 5. The number of esters is 1. The lowest BCUT2D eigenvalue weighted by Crippen LogP contribution is -2.44. The van der Waals surface area contributed by atoms with Crippen LogP contribution in [0.2, 0.25) is 18.1 Å². The van der Waals surface area contributed by atoms with E-state index in [0.717, 1.165) is 0 Å². The maximum atomic E-state index is 11.1. The van der Waals surface area contributed by atoms with Gasteiger partial charge in [-0.1, -0.05) is 20.8 Å². The average molecular weight is 360 g/mol. The molecule has 0 saturated carbocycles. The van der Waals surface area contributed by atoms with Crippen molar-refractivity contribution in [3.63, 3.8) is 0 Å². The first kappa shape index (κ1) is 16.3. The highest BCUT2D eigenvalue weighted by molar-refractivity contribution is 14.1. The lowest BCUT2D eigenvalue weighted by atomic mass is 10.2. The van der Waals surface area contributed by atoms with Crippen molar-refractivity contribution in [2.75, 3.05) is 7.11 Å². The molecule has 0 aromatic rings.